The molecule has 0 saturated heterocycles. The van der Waals surface area contributed by atoms with E-state index in [9.17, 15) is 9.59 Å². The first kappa shape index (κ1) is 17.6. The maximum Gasteiger partial charge on any atom is 0.338 e. The fourth-order valence-electron chi connectivity index (χ4n) is 3.66. The lowest BCUT2D eigenvalue weighted by Gasteiger charge is -2.21. The van der Waals surface area contributed by atoms with Crippen molar-refractivity contribution < 1.29 is 19.1 Å². The molecule has 0 radical (unpaired) electrons. The topological polar surface area (TPSA) is 84.5 Å². The third kappa shape index (κ3) is 3.41. The molecule has 0 spiro atoms. The summed E-state index contributed by atoms with van der Waals surface area (Å²) in [6.07, 6.45) is 3.98. The Morgan fingerprint density at radius 2 is 1.85 bits per heavy atom. The molecule has 4 rings (SSSR count). The van der Waals surface area contributed by atoms with Crippen molar-refractivity contribution in [2.75, 3.05) is 27.3 Å². The number of carbonyl (C=O) groups is 2. The third-order valence-corrected chi connectivity index (χ3v) is 5.31. The van der Waals surface area contributed by atoms with E-state index in [1.807, 2.05) is 4.90 Å². The lowest BCUT2D eigenvalue weighted by Crippen LogP contribution is -2.33. The highest BCUT2D eigenvalue weighted by molar-refractivity contribution is 5.98. The standard InChI is InChI=1S/C20H23N3O4/c1-26-15-10-13(9-14(11-15)20(25)27-2)19(24)23-7-5-16-17(6-8-23)21-22-18(16)12-3-4-12/h9-12H,3-8H2,1-2H3,(H,21,22). The molecule has 1 aliphatic carbocycles. The largest absolute Gasteiger partial charge is 0.497 e. The van der Waals surface area contributed by atoms with Crippen LogP contribution in [0, 0.1) is 0 Å². The summed E-state index contributed by atoms with van der Waals surface area (Å²) in [6.45, 7) is 1.25. The molecular formula is C20H23N3O4. The number of ether oxygens (including phenoxy) is 2. The summed E-state index contributed by atoms with van der Waals surface area (Å²) < 4.78 is 10.0. The van der Waals surface area contributed by atoms with E-state index in [1.54, 1.807) is 18.2 Å². The number of methoxy groups -OCH3 is 2. The van der Waals surface area contributed by atoms with Crippen molar-refractivity contribution in [3.05, 3.63) is 46.3 Å². The Balaban J connectivity index is 1.55. The van der Waals surface area contributed by atoms with Crippen LogP contribution in [0.3, 0.4) is 0 Å². The van der Waals surface area contributed by atoms with Crippen molar-refractivity contribution in [2.24, 2.45) is 0 Å². The molecule has 7 heteroatoms. The molecule has 0 bridgehead atoms. The summed E-state index contributed by atoms with van der Waals surface area (Å²) in [4.78, 5) is 26.8. The van der Waals surface area contributed by atoms with Crippen LogP contribution < -0.4 is 4.74 Å². The van der Waals surface area contributed by atoms with Crippen molar-refractivity contribution in [3.63, 3.8) is 0 Å². The minimum atomic E-state index is -0.492. The number of hydrogen-bond acceptors (Lipinski definition) is 5. The Bertz CT molecular complexity index is 885. The SMILES string of the molecule is COC(=O)c1cc(OC)cc(C(=O)N2CCc3[nH]nc(C4CC4)c3CC2)c1. The lowest BCUT2D eigenvalue weighted by atomic mass is 10.1. The van der Waals surface area contributed by atoms with Gasteiger partial charge in [-0.25, -0.2) is 4.79 Å². The number of esters is 1. The van der Waals surface area contributed by atoms with Gasteiger partial charge in [0.05, 0.1) is 25.5 Å². The fraction of sp³-hybridized carbons (Fsp3) is 0.450. The average molecular weight is 369 g/mol. The smallest absolute Gasteiger partial charge is 0.338 e. The first-order valence-corrected chi connectivity index (χ1v) is 9.23. The highest BCUT2D eigenvalue weighted by atomic mass is 16.5. The normalized spacial score (nSPS) is 16.4. The third-order valence-electron chi connectivity index (χ3n) is 5.31. The summed E-state index contributed by atoms with van der Waals surface area (Å²) in [5.41, 5.74) is 4.36. The van der Waals surface area contributed by atoms with Crippen molar-refractivity contribution in [2.45, 2.75) is 31.6 Å². The molecule has 27 heavy (non-hydrogen) atoms. The second-order valence-corrected chi connectivity index (χ2v) is 7.07. The second kappa shape index (κ2) is 7.06. The number of fused-ring (bicyclic) bond motifs is 1. The highest BCUT2D eigenvalue weighted by Gasteiger charge is 2.32. The van der Waals surface area contributed by atoms with Crippen molar-refractivity contribution in [1.29, 1.82) is 0 Å². The van der Waals surface area contributed by atoms with Gasteiger partial charge >= 0.3 is 5.97 Å². The van der Waals surface area contributed by atoms with Crippen LogP contribution in [-0.2, 0) is 17.6 Å². The van der Waals surface area contributed by atoms with E-state index in [4.69, 9.17) is 9.47 Å². The molecule has 2 heterocycles. The number of carbonyl (C=O) groups excluding carboxylic acids is 2. The summed E-state index contributed by atoms with van der Waals surface area (Å²) in [5.74, 6) is 0.453. The zero-order valence-corrected chi connectivity index (χ0v) is 15.6. The molecule has 1 fully saturated rings. The summed E-state index contributed by atoms with van der Waals surface area (Å²) in [7, 11) is 2.83. The Kier molecular flexibility index (Phi) is 4.59. The molecule has 1 N–H and O–H groups in total. The van der Waals surface area contributed by atoms with Gasteiger partial charge in [0.25, 0.3) is 5.91 Å². The fourth-order valence-corrected chi connectivity index (χ4v) is 3.66. The molecule has 2 aliphatic rings. The number of benzene rings is 1. The number of aromatic nitrogens is 2. The van der Waals surface area contributed by atoms with E-state index < -0.39 is 5.97 Å². The molecule has 0 unspecified atom stereocenters. The van der Waals surface area contributed by atoms with Crippen molar-refractivity contribution >= 4 is 11.9 Å². The van der Waals surface area contributed by atoms with Gasteiger partial charge in [0.2, 0.25) is 0 Å². The molecule has 142 valence electrons. The molecular weight excluding hydrogens is 346 g/mol. The predicted molar refractivity (Wildman–Crippen MR) is 98.2 cm³/mol. The van der Waals surface area contributed by atoms with E-state index >= 15 is 0 Å². The van der Waals surface area contributed by atoms with Crippen LogP contribution in [0.2, 0.25) is 0 Å². The number of rotatable bonds is 4. The van der Waals surface area contributed by atoms with Gasteiger partial charge in [-0.05, 0) is 43.0 Å². The van der Waals surface area contributed by atoms with Crippen molar-refractivity contribution in [3.8, 4) is 5.75 Å². The minimum Gasteiger partial charge on any atom is -0.497 e. The average Bonchev–Trinajstić information content (AvgIpc) is 3.50. The van der Waals surface area contributed by atoms with Crippen LogP contribution in [0.4, 0.5) is 0 Å². The number of aromatic amines is 1. The Labute approximate surface area is 157 Å². The summed E-state index contributed by atoms with van der Waals surface area (Å²) in [5, 5.41) is 7.66. The predicted octanol–water partition coefficient (Wildman–Crippen LogP) is 2.32. The van der Waals surface area contributed by atoms with Crippen LogP contribution in [0.1, 0.15) is 56.4 Å². The van der Waals surface area contributed by atoms with E-state index in [0.29, 0.717) is 35.9 Å². The number of hydrogen-bond donors (Lipinski definition) is 1. The van der Waals surface area contributed by atoms with Crippen molar-refractivity contribution in [1.82, 2.24) is 15.1 Å². The quantitative estimate of drug-likeness (QED) is 0.836. The number of H-pyrrole nitrogens is 1. The molecule has 1 amide bonds. The van der Waals surface area contributed by atoms with E-state index in [0.717, 1.165) is 18.5 Å². The van der Waals surface area contributed by atoms with E-state index in [-0.39, 0.29) is 5.91 Å². The van der Waals surface area contributed by atoms with Crippen LogP contribution in [0.5, 0.6) is 5.75 Å². The summed E-state index contributed by atoms with van der Waals surface area (Å²) >= 11 is 0. The lowest BCUT2D eigenvalue weighted by molar-refractivity contribution is 0.0600. The van der Waals surface area contributed by atoms with Gasteiger partial charge in [0, 0.05) is 36.7 Å². The minimum absolute atomic E-state index is 0.106. The van der Waals surface area contributed by atoms with Crippen LogP contribution in [0.25, 0.3) is 0 Å². The van der Waals surface area contributed by atoms with Crippen LogP contribution >= 0.6 is 0 Å². The molecule has 7 nitrogen and oxygen atoms in total. The molecule has 0 atom stereocenters. The number of nitrogens with zero attached hydrogens (tertiary/aromatic N) is 2. The molecule has 1 aromatic heterocycles. The monoisotopic (exact) mass is 369 g/mol. The van der Waals surface area contributed by atoms with Gasteiger partial charge in [-0.15, -0.1) is 0 Å². The van der Waals surface area contributed by atoms with E-state index in [2.05, 4.69) is 10.2 Å². The zero-order valence-electron chi connectivity index (χ0n) is 15.6. The molecule has 1 aromatic carbocycles. The first-order chi connectivity index (χ1) is 13.1. The number of amides is 1. The van der Waals surface area contributed by atoms with Gasteiger partial charge in [0.1, 0.15) is 5.75 Å². The van der Waals surface area contributed by atoms with Gasteiger partial charge in [-0.2, -0.15) is 5.10 Å². The Morgan fingerprint density at radius 1 is 1.11 bits per heavy atom. The van der Waals surface area contributed by atoms with Gasteiger partial charge in [0.15, 0.2) is 0 Å². The van der Waals surface area contributed by atoms with Gasteiger partial charge < -0.3 is 14.4 Å². The van der Waals surface area contributed by atoms with Gasteiger partial charge in [-0.3, -0.25) is 9.89 Å². The maximum absolute atomic E-state index is 13.1. The first-order valence-electron chi connectivity index (χ1n) is 9.23. The molecule has 2 aromatic rings. The molecule has 1 aliphatic heterocycles. The Hall–Kier alpha value is -2.83. The second-order valence-electron chi connectivity index (χ2n) is 7.07. The highest BCUT2D eigenvalue weighted by Crippen LogP contribution is 2.41. The van der Waals surface area contributed by atoms with Gasteiger partial charge in [-0.1, -0.05) is 0 Å². The maximum atomic E-state index is 13.1. The number of nitrogens with one attached hydrogen (secondary N) is 1. The Morgan fingerprint density at radius 3 is 2.56 bits per heavy atom. The van der Waals surface area contributed by atoms with Crippen LogP contribution in [-0.4, -0.2) is 54.3 Å². The van der Waals surface area contributed by atoms with E-state index in [1.165, 1.54) is 38.3 Å². The zero-order chi connectivity index (χ0) is 19.0. The molecule has 1 saturated carbocycles. The summed E-state index contributed by atoms with van der Waals surface area (Å²) in [6, 6.07) is 4.80. The van der Waals surface area contributed by atoms with Crippen LogP contribution in [0.15, 0.2) is 18.2 Å².